The van der Waals surface area contributed by atoms with Crippen molar-refractivity contribution in [1.29, 1.82) is 5.26 Å². The summed E-state index contributed by atoms with van der Waals surface area (Å²) >= 11 is 0. The minimum atomic E-state index is -0.309. The molecule has 1 aliphatic carbocycles. The molecule has 0 radical (unpaired) electrons. The van der Waals surface area contributed by atoms with E-state index in [1.165, 1.54) is 6.20 Å². The maximum absolute atomic E-state index is 11.7. The maximum atomic E-state index is 11.7. The van der Waals surface area contributed by atoms with Crippen molar-refractivity contribution in [2.24, 2.45) is 0 Å². The van der Waals surface area contributed by atoms with E-state index in [4.69, 9.17) is 11.2 Å². The number of amides is 1. The number of aliphatic hydroxyl groups is 1. The second kappa shape index (κ2) is 8.45. The molecule has 0 atom stereocenters. The first-order valence-electron chi connectivity index (χ1n) is 10.8. The molecule has 0 bridgehead atoms. The maximum Gasteiger partial charge on any atom is 0.298 e. The highest BCUT2D eigenvalue weighted by atomic mass is 16.5. The lowest BCUT2D eigenvalue weighted by molar-refractivity contribution is -0.125. The lowest BCUT2D eigenvalue weighted by atomic mass is 9.92. The first-order chi connectivity index (χ1) is 16.1. The van der Waals surface area contributed by atoms with Crippen molar-refractivity contribution in [3.8, 4) is 35.3 Å². The average Bonchev–Trinajstić information content (AvgIpc) is 3.25. The zero-order chi connectivity index (χ0) is 22.9. The molecule has 166 valence electrons. The molecule has 2 fully saturated rings. The standard InChI is InChI=1S/C24H22N6O3/c1-2-23(32)29-7-5-28(6-8-29)22-4-3-16(13-26-22)21-11-20(33-19-9-18(31)10-19)15-30-24(21)17(12-25)14-27-30/h1,3-4,11,13-15,18-19,31H,5-10H2. The first kappa shape index (κ1) is 20.8. The third kappa shape index (κ3) is 3.95. The molecule has 1 saturated heterocycles. The van der Waals surface area contributed by atoms with Gasteiger partial charge < -0.3 is 19.6 Å². The Morgan fingerprint density at radius 1 is 1.21 bits per heavy atom. The van der Waals surface area contributed by atoms with Crippen LogP contribution in [-0.2, 0) is 4.79 Å². The number of nitriles is 1. The summed E-state index contributed by atoms with van der Waals surface area (Å²) in [5.74, 6) is 3.32. The molecule has 3 aromatic heterocycles. The van der Waals surface area contributed by atoms with Gasteiger partial charge in [-0.1, -0.05) is 0 Å². The number of terminal acetylenes is 1. The zero-order valence-electron chi connectivity index (χ0n) is 17.9. The molecule has 2 aliphatic rings. The SMILES string of the molecule is C#CC(=O)N1CCN(c2ccc(-c3cc(OC4CC(O)C4)cn4ncc(C#N)c34)cn2)CC1. The summed E-state index contributed by atoms with van der Waals surface area (Å²) in [6, 6.07) is 7.98. The van der Waals surface area contributed by atoms with Gasteiger partial charge in [-0.05, 0) is 24.1 Å². The molecule has 33 heavy (non-hydrogen) atoms. The molecular formula is C24H22N6O3. The van der Waals surface area contributed by atoms with Gasteiger partial charge in [0.1, 0.15) is 23.7 Å². The van der Waals surface area contributed by atoms with Gasteiger partial charge in [-0.15, -0.1) is 6.42 Å². The number of piperazine rings is 1. The number of aromatic nitrogens is 3. The summed E-state index contributed by atoms with van der Waals surface area (Å²) in [5, 5.41) is 23.4. The van der Waals surface area contributed by atoms with Crippen LogP contribution in [0.3, 0.4) is 0 Å². The van der Waals surface area contributed by atoms with Gasteiger partial charge in [-0.2, -0.15) is 10.4 Å². The van der Waals surface area contributed by atoms with Crippen molar-refractivity contribution in [3.63, 3.8) is 0 Å². The minimum Gasteiger partial charge on any atom is -0.489 e. The topological polar surface area (TPSA) is 107 Å². The molecule has 9 nitrogen and oxygen atoms in total. The van der Waals surface area contributed by atoms with Crippen molar-refractivity contribution in [2.75, 3.05) is 31.1 Å². The first-order valence-corrected chi connectivity index (χ1v) is 10.8. The zero-order valence-corrected chi connectivity index (χ0v) is 17.9. The molecule has 5 rings (SSSR count). The normalized spacial score (nSPS) is 20.1. The average molecular weight is 442 g/mol. The number of anilines is 1. The van der Waals surface area contributed by atoms with Crippen molar-refractivity contribution in [1.82, 2.24) is 19.5 Å². The molecule has 0 unspecified atom stereocenters. The highest BCUT2D eigenvalue weighted by molar-refractivity contribution is 5.93. The van der Waals surface area contributed by atoms with Crippen LogP contribution < -0.4 is 9.64 Å². The fourth-order valence-electron chi connectivity index (χ4n) is 4.25. The quantitative estimate of drug-likeness (QED) is 0.610. The van der Waals surface area contributed by atoms with Crippen LogP contribution in [-0.4, -0.2) is 68.9 Å². The molecule has 3 aromatic rings. The van der Waals surface area contributed by atoms with Crippen LogP contribution in [0.5, 0.6) is 5.75 Å². The van der Waals surface area contributed by atoms with E-state index in [9.17, 15) is 15.2 Å². The van der Waals surface area contributed by atoms with Gasteiger partial charge in [0.15, 0.2) is 0 Å². The van der Waals surface area contributed by atoms with Gasteiger partial charge in [0.2, 0.25) is 0 Å². The summed E-state index contributed by atoms with van der Waals surface area (Å²) in [5.41, 5.74) is 2.79. The highest BCUT2D eigenvalue weighted by Crippen LogP contribution is 2.33. The van der Waals surface area contributed by atoms with Gasteiger partial charge in [0.05, 0.1) is 29.6 Å². The van der Waals surface area contributed by atoms with E-state index >= 15 is 0 Å². The number of pyridine rings is 2. The van der Waals surface area contributed by atoms with Crippen molar-refractivity contribution in [2.45, 2.75) is 25.0 Å². The van der Waals surface area contributed by atoms with Gasteiger partial charge in [0, 0.05) is 56.3 Å². The van der Waals surface area contributed by atoms with Crippen molar-refractivity contribution >= 4 is 17.2 Å². The Hall–Kier alpha value is -4.08. The summed E-state index contributed by atoms with van der Waals surface area (Å²) in [7, 11) is 0. The minimum absolute atomic E-state index is 0.0307. The third-order valence-electron chi connectivity index (χ3n) is 6.15. The number of ether oxygens (including phenoxy) is 1. The Bertz CT molecular complexity index is 1270. The second-order valence-corrected chi connectivity index (χ2v) is 8.25. The Labute approximate surface area is 190 Å². The smallest absolute Gasteiger partial charge is 0.298 e. The van der Waals surface area contributed by atoms with Crippen LogP contribution in [0.25, 0.3) is 16.6 Å². The highest BCUT2D eigenvalue weighted by Gasteiger charge is 2.29. The number of aliphatic hydroxyl groups excluding tert-OH is 1. The third-order valence-corrected chi connectivity index (χ3v) is 6.15. The van der Waals surface area contributed by atoms with Crippen molar-refractivity contribution in [3.05, 3.63) is 42.4 Å². The summed E-state index contributed by atoms with van der Waals surface area (Å²) in [6.07, 6.45) is 11.1. The Kier molecular flexibility index (Phi) is 5.33. The van der Waals surface area contributed by atoms with Gasteiger partial charge in [-0.3, -0.25) is 4.79 Å². The molecule has 1 amide bonds. The lowest BCUT2D eigenvalue weighted by Crippen LogP contribution is -2.48. The summed E-state index contributed by atoms with van der Waals surface area (Å²) in [4.78, 5) is 20.1. The fourth-order valence-corrected chi connectivity index (χ4v) is 4.25. The van der Waals surface area contributed by atoms with E-state index in [1.807, 2.05) is 18.2 Å². The number of fused-ring (bicyclic) bond motifs is 1. The van der Waals surface area contributed by atoms with Gasteiger partial charge in [-0.25, -0.2) is 9.50 Å². The van der Waals surface area contributed by atoms with E-state index in [0.717, 1.165) is 16.9 Å². The van der Waals surface area contributed by atoms with Gasteiger partial charge >= 0.3 is 0 Å². The fraction of sp³-hybridized carbons (Fsp3) is 0.333. The van der Waals surface area contributed by atoms with Crippen LogP contribution in [0.1, 0.15) is 18.4 Å². The molecule has 1 aliphatic heterocycles. The molecule has 9 heteroatoms. The molecule has 0 aromatic carbocycles. The molecular weight excluding hydrogens is 420 g/mol. The monoisotopic (exact) mass is 442 g/mol. The second-order valence-electron chi connectivity index (χ2n) is 8.25. The van der Waals surface area contributed by atoms with Crippen LogP contribution >= 0.6 is 0 Å². The van der Waals surface area contributed by atoms with E-state index in [-0.39, 0.29) is 18.1 Å². The number of hydrogen-bond donors (Lipinski definition) is 1. The lowest BCUT2D eigenvalue weighted by Gasteiger charge is -2.34. The van der Waals surface area contributed by atoms with E-state index < -0.39 is 0 Å². The number of nitrogens with zero attached hydrogens (tertiary/aromatic N) is 6. The number of carbonyl (C=O) groups is 1. The summed E-state index contributed by atoms with van der Waals surface area (Å²) in [6.45, 7) is 2.43. The predicted molar refractivity (Wildman–Crippen MR) is 120 cm³/mol. The predicted octanol–water partition coefficient (Wildman–Crippen LogP) is 1.45. The summed E-state index contributed by atoms with van der Waals surface area (Å²) < 4.78 is 7.66. The van der Waals surface area contributed by atoms with E-state index in [2.05, 4.69) is 27.0 Å². The van der Waals surface area contributed by atoms with Crippen LogP contribution in [0.4, 0.5) is 5.82 Å². The molecule has 4 heterocycles. The van der Waals surface area contributed by atoms with Gasteiger partial charge in [0.25, 0.3) is 5.91 Å². The van der Waals surface area contributed by atoms with Crippen LogP contribution in [0.15, 0.2) is 36.8 Å². The Morgan fingerprint density at radius 3 is 2.64 bits per heavy atom. The molecule has 1 saturated carbocycles. The van der Waals surface area contributed by atoms with Crippen LogP contribution in [0, 0.1) is 23.7 Å². The van der Waals surface area contributed by atoms with Crippen molar-refractivity contribution < 1.29 is 14.6 Å². The van der Waals surface area contributed by atoms with E-state index in [1.54, 1.807) is 21.8 Å². The molecule has 0 spiro atoms. The molecule has 1 N–H and O–H groups in total. The van der Waals surface area contributed by atoms with E-state index in [0.29, 0.717) is 55.9 Å². The number of carbonyl (C=O) groups excluding carboxylic acids is 1. The van der Waals surface area contributed by atoms with Crippen LogP contribution in [0.2, 0.25) is 0 Å². The number of hydrogen-bond acceptors (Lipinski definition) is 7. The Morgan fingerprint density at radius 2 is 2.00 bits per heavy atom. The number of rotatable bonds is 4. The largest absolute Gasteiger partial charge is 0.489 e. The Balaban J connectivity index is 1.41.